The van der Waals surface area contributed by atoms with Crippen LogP contribution in [0.2, 0.25) is 0 Å². The number of ether oxygens (including phenoxy) is 1. The summed E-state index contributed by atoms with van der Waals surface area (Å²) in [6, 6.07) is 18.2. The zero-order valence-electron chi connectivity index (χ0n) is 22.5. The second kappa shape index (κ2) is 11.9. The molecule has 1 heterocycles. The van der Waals surface area contributed by atoms with Crippen LogP contribution in [0.1, 0.15) is 32.6 Å². The zero-order valence-corrected chi connectivity index (χ0v) is 22.5. The SMILES string of the molecule is COc1ccc(C[C@@H](C(=O)N[C@@H](Cc2c[nH]c3ccccc23)C(=O)O)N(C)C(=O)c2cc(C)cc(C)c2)cc1. The molecule has 0 aliphatic heterocycles. The second-order valence-electron chi connectivity index (χ2n) is 9.82. The minimum absolute atomic E-state index is 0.0923. The lowest BCUT2D eigenvalue weighted by Crippen LogP contribution is -2.53. The molecule has 0 radical (unpaired) electrons. The van der Waals surface area contributed by atoms with Crippen LogP contribution in [0.4, 0.5) is 0 Å². The third-order valence-electron chi connectivity index (χ3n) is 6.86. The fourth-order valence-electron chi connectivity index (χ4n) is 4.82. The number of amides is 2. The van der Waals surface area contributed by atoms with Gasteiger partial charge in [-0.3, -0.25) is 9.59 Å². The first-order valence-corrected chi connectivity index (χ1v) is 12.7. The van der Waals surface area contributed by atoms with Crippen molar-refractivity contribution < 1.29 is 24.2 Å². The van der Waals surface area contributed by atoms with Gasteiger partial charge >= 0.3 is 5.97 Å². The van der Waals surface area contributed by atoms with Crippen LogP contribution in [0.25, 0.3) is 10.9 Å². The molecular weight excluding hydrogens is 494 g/mol. The molecule has 0 aliphatic carbocycles. The van der Waals surface area contributed by atoms with Crippen LogP contribution in [0, 0.1) is 13.8 Å². The van der Waals surface area contributed by atoms with Gasteiger partial charge in [-0.1, -0.05) is 47.5 Å². The van der Waals surface area contributed by atoms with E-state index in [9.17, 15) is 19.5 Å². The van der Waals surface area contributed by atoms with Crippen LogP contribution >= 0.6 is 0 Å². The maximum absolute atomic E-state index is 13.7. The number of aliphatic carboxylic acids is 1. The van der Waals surface area contributed by atoms with E-state index in [1.807, 2.05) is 56.3 Å². The number of rotatable bonds is 10. The fraction of sp³-hybridized carbons (Fsp3) is 0.258. The van der Waals surface area contributed by atoms with Crippen LogP contribution in [-0.4, -0.2) is 59.0 Å². The number of methoxy groups -OCH3 is 1. The van der Waals surface area contributed by atoms with Gasteiger partial charge in [0.25, 0.3) is 5.91 Å². The molecule has 4 rings (SSSR count). The molecule has 0 spiro atoms. The van der Waals surface area contributed by atoms with E-state index in [0.717, 1.165) is 33.2 Å². The second-order valence-corrected chi connectivity index (χ2v) is 9.82. The first-order valence-electron chi connectivity index (χ1n) is 12.7. The summed E-state index contributed by atoms with van der Waals surface area (Å²) in [6.45, 7) is 3.82. The lowest BCUT2D eigenvalue weighted by atomic mass is 10.0. The van der Waals surface area contributed by atoms with Crippen molar-refractivity contribution in [3.63, 3.8) is 0 Å². The lowest BCUT2D eigenvalue weighted by Gasteiger charge is -2.29. The summed E-state index contributed by atoms with van der Waals surface area (Å²) < 4.78 is 5.24. The molecule has 8 nitrogen and oxygen atoms in total. The zero-order chi connectivity index (χ0) is 28.1. The number of carboxylic acid groups (broad SMARTS) is 1. The number of H-pyrrole nitrogens is 1. The van der Waals surface area contributed by atoms with Gasteiger partial charge in [0.15, 0.2) is 0 Å². The average Bonchev–Trinajstić information content (AvgIpc) is 3.33. The maximum atomic E-state index is 13.7. The van der Waals surface area contributed by atoms with E-state index in [-0.39, 0.29) is 18.7 Å². The highest BCUT2D eigenvalue weighted by Gasteiger charge is 2.31. The number of likely N-dealkylation sites (N-methyl/N-ethyl adjacent to an activating group) is 1. The van der Waals surface area contributed by atoms with Crippen LogP contribution in [0.15, 0.2) is 72.9 Å². The molecule has 1 aromatic heterocycles. The van der Waals surface area contributed by atoms with E-state index in [4.69, 9.17) is 4.74 Å². The van der Waals surface area contributed by atoms with Crippen LogP contribution in [0.3, 0.4) is 0 Å². The number of hydrogen-bond acceptors (Lipinski definition) is 4. The number of nitrogens with one attached hydrogen (secondary N) is 2. The molecule has 8 heteroatoms. The third-order valence-corrected chi connectivity index (χ3v) is 6.86. The maximum Gasteiger partial charge on any atom is 0.326 e. The van der Waals surface area contributed by atoms with Crippen LogP contribution in [0.5, 0.6) is 5.75 Å². The standard InChI is InChI=1S/C31H33N3O5/c1-19-13-20(2)15-22(14-19)30(36)34(3)28(16-21-9-11-24(39-4)12-10-21)29(35)33-27(31(37)38)17-23-18-32-26-8-6-5-7-25(23)26/h5-15,18,27-28,32H,16-17H2,1-4H3,(H,33,35)(H,37,38)/t27-,28-/m0/s1. The number of nitrogens with zero attached hydrogens (tertiary/aromatic N) is 1. The number of aromatic amines is 1. The quantitative estimate of drug-likeness (QED) is 0.285. The van der Waals surface area contributed by atoms with Crippen molar-refractivity contribution >= 4 is 28.7 Å². The van der Waals surface area contributed by atoms with Gasteiger partial charge in [0, 0.05) is 42.6 Å². The highest BCUT2D eigenvalue weighted by Crippen LogP contribution is 2.21. The summed E-state index contributed by atoms with van der Waals surface area (Å²) in [4.78, 5) is 44.0. The van der Waals surface area contributed by atoms with Gasteiger partial charge in [0.2, 0.25) is 5.91 Å². The Morgan fingerprint density at radius 3 is 2.28 bits per heavy atom. The largest absolute Gasteiger partial charge is 0.497 e. The Labute approximate surface area is 227 Å². The number of aryl methyl sites for hydroxylation is 2. The number of fused-ring (bicyclic) bond motifs is 1. The molecular formula is C31H33N3O5. The van der Waals surface area contributed by atoms with E-state index in [0.29, 0.717) is 11.3 Å². The first kappa shape index (κ1) is 27.4. The Balaban J connectivity index is 1.61. The predicted molar refractivity (Wildman–Crippen MR) is 150 cm³/mol. The van der Waals surface area contributed by atoms with E-state index in [1.54, 1.807) is 44.6 Å². The molecule has 0 saturated carbocycles. The number of benzene rings is 3. The minimum Gasteiger partial charge on any atom is -0.497 e. The molecule has 0 aliphatic rings. The van der Waals surface area contributed by atoms with Crippen molar-refractivity contribution in [3.8, 4) is 5.75 Å². The molecule has 3 aromatic carbocycles. The van der Waals surface area contributed by atoms with Gasteiger partial charge in [-0.05, 0) is 55.3 Å². The number of para-hydroxylation sites is 1. The number of carbonyl (C=O) groups excluding carboxylic acids is 2. The molecule has 0 saturated heterocycles. The number of hydrogen-bond donors (Lipinski definition) is 3. The summed E-state index contributed by atoms with van der Waals surface area (Å²) in [7, 11) is 3.14. The monoisotopic (exact) mass is 527 g/mol. The Kier molecular flexibility index (Phi) is 8.34. The average molecular weight is 528 g/mol. The van der Waals surface area contributed by atoms with Crippen molar-refractivity contribution in [2.24, 2.45) is 0 Å². The van der Waals surface area contributed by atoms with Gasteiger partial charge < -0.3 is 25.0 Å². The summed E-state index contributed by atoms with van der Waals surface area (Å²) in [5, 5.41) is 13.6. The summed E-state index contributed by atoms with van der Waals surface area (Å²) in [5.41, 5.74) is 4.82. The van der Waals surface area contributed by atoms with E-state index in [2.05, 4.69) is 10.3 Å². The number of carboxylic acids is 1. The fourth-order valence-corrected chi connectivity index (χ4v) is 4.82. The smallest absolute Gasteiger partial charge is 0.326 e. The van der Waals surface area contributed by atoms with Crippen LogP contribution < -0.4 is 10.1 Å². The third kappa shape index (κ3) is 6.46. The predicted octanol–water partition coefficient (Wildman–Crippen LogP) is 4.29. The van der Waals surface area contributed by atoms with Gasteiger partial charge in [0.05, 0.1) is 7.11 Å². The van der Waals surface area contributed by atoms with Gasteiger partial charge in [-0.15, -0.1) is 0 Å². The van der Waals surface area contributed by atoms with E-state index >= 15 is 0 Å². The molecule has 2 atom stereocenters. The molecule has 0 unspecified atom stereocenters. The Morgan fingerprint density at radius 2 is 1.64 bits per heavy atom. The number of aromatic nitrogens is 1. The Bertz CT molecular complexity index is 1470. The van der Waals surface area contributed by atoms with E-state index in [1.165, 1.54) is 4.90 Å². The Morgan fingerprint density at radius 1 is 0.974 bits per heavy atom. The van der Waals surface area contributed by atoms with Crippen molar-refractivity contribution in [1.82, 2.24) is 15.2 Å². The molecule has 3 N–H and O–H groups in total. The molecule has 39 heavy (non-hydrogen) atoms. The highest BCUT2D eigenvalue weighted by molar-refractivity contribution is 5.98. The van der Waals surface area contributed by atoms with Crippen LogP contribution in [-0.2, 0) is 22.4 Å². The lowest BCUT2D eigenvalue weighted by molar-refractivity contribution is -0.142. The normalized spacial score (nSPS) is 12.5. The van der Waals surface area contributed by atoms with Gasteiger partial charge in [-0.25, -0.2) is 4.79 Å². The van der Waals surface area contributed by atoms with Crippen molar-refractivity contribution in [2.45, 2.75) is 38.8 Å². The number of carbonyl (C=O) groups is 3. The molecule has 4 aromatic rings. The van der Waals surface area contributed by atoms with Gasteiger partial charge in [-0.2, -0.15) is 0 Å². The van der Waals surface area contributed by atoms with Crippen molar-refractivity contribution in [1.29, 1.82) is 0 Å². The summed E-state index contributed by atoms with van der Waals surface area (Å²) in [6.07, 6.45) is 2.05. The summed E-state index contributed by atoms with van der Waals surface area (Å²) in [5.74, 6) is -1.35. The Hall–Kier alpha value is -4.59. The molecule has 202 valence electrons. The van der Waals surface area contributed by atoms with Crippen molar-refractivity contribution in [2.75, 3.05) is 14.2 Å². The van der Waals surface area contributed by atoms with Crippen molar-refractivity contribution in [3.05, 3.63) is 101 Å². The molecule has 2 amide bonds. The van der Waals surface area contributed by atoms with E-state index < -0.39 is 24.0 Å². The first-order chi connectivity index (χ1) is 18.7. The van der Waals surface area contributed by atoms with Gasteiger partial charge in [0.1, 0.15) is 17.8 Å². The molecule has 0 bridgehead atoms. The minimum atomic E-state index is -1.18. The molecule has 0 fully saturated rings. The summed E-state index contributed by atoms with van der Waals surface area (Å²) >= 11 is 0. The topological polar surface area (TPSA) is 112 Å². The highest BCUT2D eigenvalue weighted by atomic mass is 16.5.